The van der Waals surface area contributed by atoms with Crippen LogP contribution in [0.3, 0.4) is 0 Å². The highest BCUT2D eigenvalue weighted by molar-refractivity contribution is 5.30. The maximum absolute atomic E-state index is 6.18. The highest BCUT2D eigenvalue weighted by Crippen LogP contribution is 2.22. The number of methoxy groups -OCH3 is 1. The Balaban J connectivity index is 2.80. The average Bonchev–Trinajstić information content (AvgIpc) is 2.35. The van der Waals surface area contributed by atoms with E-state index in [-0.39, 0.29) is 12.1 Å². The molecule has 0 aliphatic heterocycles. The number of benzene rings is 1. The molecule has 1 aromatic carbocycles. The summed E-state index contributed by atoms with van der Waals surface area (Å²) in [7, 11) is 1.66. The minimum atomic E-state index is -0.0972. The Labute approximate surface area is 97.6 Å². The lowest BCUT2D eigenvalue weighted by Gasteiger charge is -2.23. The van der Waals surface area contributed by atoms with E-state index in [0.29, 0.717) is 6.61 Å². The normalized spacial score (nSPS) is 14.5. The van der Waals surface area contributed by atoms with Gasteiger partial charge >= 0.3 is 0 Å². The van der Waals surface area contributed by atoms with Crippen molar-refractivity contribution in [2.45, 2.75) is 32.4 Å². The number of nitrogens with two attached hydrogens (primary N) is 1. The van der Waals surface area contributed by atoms with Gasteiger partial charge in [0.05, 0.1) is 19.3 Å². The van der Waals surface area contributed by atoms with Gasteiger partial charge in [-0.15, -0.1) is 0 Å². The van der Waals surface area contributed by atoms with E-state index in [1.54, 1.807) is 7.11 Å². The molecule has 0 aliphatic carbocycles. The molecule has 0 amide bonds. The van der Waals surface area contributed by atoms with Crippen LogP contribution in [0.1, 0.15) is 31.9 Å². The molecule has 3 heteroatoms. The van der Waals surface area contributed by atoms with Crippen LogP contribution in [0, 0.1) is 0 Å². The van der Waals surface area contributed by atoms with Gasteiger partial charge in [-0.1, -0.05) is 19.1 Å². The van der Waals surface area contributed by atoms with Crippen molar-refractivity contribution in [1.29, 1.82) is 0 Å². The smallest absolute Gasteiger partial charge is 0.119 e. The molecule has 0 radical (unpaired) electrons. The van der Waals surface area contributed by atoms with Crippen LogP contribution in [-0.4, -0.2) is 19.8 Å². The molecule has 0 spiro atoms. The number of hydrogen-bond acceptors (Lipinski definition) is 3. The number of rotatable bonds is 6. The van der Waals surface area contributed by atoms with Gasteiger partial charge in [0, 0.05) is 6.61 Å². The van der Waals surface area contributed by atoms with Crippen LogP contribution in [0.5, 0.6) is 5.75 Å². The van der Waals surface area contributed by atoms with Gasteiger partial charge in [0.2, 0.25) is 0 Å². The molecule has 0 aliphatic rings. The molecule has 2 unspecified atom stereocenters. The first-order valence-electron chi connectivity index (χ1n) is 5.74. The van der Waals surface area contributed by atoms with Gasteiger partial charge in [0.15, 0.2) is 0 Å². The van der Waals surface area contributed by atoms with Crippen LogP contribution < -0.4 is 10.5 Å². The quantitative estimate of drug-likeness (QED) is 0.806. The Hall–Kier alpha value is -1.06. The van der Waals surface area contributed by atoms with Gasteiger partial charge in [-0.25, -0.2) is 0 Å². The minimum Gasteiger partial charge on any atom is -0.497 e. The second-order valence-corrected chi connectivity index (χ2v) is 3.70. The van der Waals surface area contributed by atoms with E-state index in [4.69, 9.17) is 15.2 Å². The van der Waals surface area contributed by atoms with Crippen molar-refractivity contribution >= 4 is 0 Å². The maximum atomic E-state index is 6.18. The lowest BCUT2D eigenvalue weighted by Crippen LogP contribution is -2.28. The van der Waals surface area contributed by atoms with Gasteiger partial charge in [-0.2, -0.15) is 0 Å². The fourth-order valence-electron chi connectivity index (χ4n) is 1.75. The summed E-state index contributed by atoms with van der Waals surface area (Å²) in [6.45, 7) is 4.76. The molecule has 0 fully saturated rings. The van der Waals surface area contributed by atoms with E-state index in [9.17, 15) is 0 Å². The largest absolute Gasteiger partial charge is 0.497 e. The SMILES string of the molecule is CCOC(CC)C(N)c1cccc(OC)c1. The molecule has 0 aromatic heterocycles. The first-order valence-corrected chi connectivity index (χ1v) is 5.74. The van der Waals surface area contributed by atoms with Crippen LogP contribution in [-0.2, 0) is 4.74 Å². The van der Waals surface area contributed by atoms with Crippen molar-refractivity contribution in [2.75, 3.05) is 13.7 Å². The van der Waals surface area contributed by atoms with E-state index in [2.05, 4.69) is 6.92 Å². The average molecular weight is 223 g/mol. The lowest BCUT2D eigenvalue weighted by atomic mass is 10.0. The second-order valence-electron chi connectivity index (χ2n) is 3.70. The summed E-state index contributed by atoms with van der Waals surface area (Å²) < 4.78 is 10.8. The molecule has 3 nitrogen and oxygen atoms in total. The summed E-state index contributed by atoms with van der Waals surface area (Å²) in [4.78, 5) is 0. The molecule has 0 saturated carbocycles. The van der Waals surface area contributed by atoms with Crippen molar-refractivity contribution in [2.24, 2.45) is 5.73 Å². The highest BCUT2D eigenvalue weighted by Gasteiger charge is 2.18. The van der Waals surface area contributed by atoms with E-state index in [0.717, 1.165) is 17.7 Å². The van der Waals surface area contributed by atoms with Crippen LogP contribution in [0.15, 0.2) is 24.3 Å². The monoisotopic (exact) mass is 223 g/mol. The van der Waals surface area contributed by atoms with E-state index in [1.807, 2.05) is 31.2 Å². The molecule has 1 rings (SSSR count). The summed E-state index contributed by atoms with van der Waals surface area (Å²) in [5, 5.41) is 0. The molecule has 0 saturated heterocycles. The van der Waals surface area contributed by atoms with Gasteiger partial charge in [0.1, 0.15) is 5.75 Å². The van der Waals surface area contributed by atoms with Crippen molar-refractivity contribution in [1.82, 2.24) is 0 Å². The molecular formula is C13H21NO2. The van der Waals surface area contributed by atoms with Gasteiger partial charge < -0.3 is 15.2 Å². The third kappa shape index (κ3) is 3.22. The Bertz CT molecular complexity index is 315. The fraction of sp³-hybridized carbons (Fsp3) is 0.538. The zero-order valence-corrected chi connectivity index (χ0v) is 10.3. The van der Waals surface area contributed by atoms with Crippen molar-refractivity contribution in [3.8, 4) is 5.75 Å². The molecule has 0 bridgehead atoms. The van der Waals surface area contributed by atoms with E-state index < -0.39 is 0 Å². The summed E-state index contributed by atoms with van der Waals surface area (Å²) in [6.07, 6.45) is 0.976. The summed E-state index contributed by atoms with van der Waals surface area (Å²) >= 11 is 0. The molecule has 2 atom stereocenters. The fourth-order valence-corrected chi connectivity index (χ4v) is 1.75. The third-order valence-electron chi connectivity index (χ3n) is 2.66. The second kappa shape index (κ2) is 6.51. The van der Waals surface area contributed by atoms with Crippen LogP contribution in [0.4, 0.5) is 0 Å². The predicted octanol–water partition coefficient (Wildman–Crippen LogP) is 2.51. The standard InChI is InChI=1S/C13H21NO2/c1-4-12(16-5-2)13(14)10-7-6-8-11(9-10)15-3/h6-9,12-13H,4-5,14H2,1-3H3. The van der Waals surface area contributed by atoms with Crippen molar-refractivity contribution in [3.05, 3.63) is 29.8 Å². The molecular weight excluding hydrogens is 202 g/mol. The zero-order chi connectivity index (χ0) is 12.0. The van der Waals surface area contributed by atoms with E-state index >= 15 is 0 Å². The van der Waals surface area contributed by atoms with Crippen molar-refractivity contribution in [3.63, 3.8) is 0 Å². The zero-order valence-electron chi connectivity index (χ0n) is 10.3. The van der Waals surface area contributed by atoms with Gasteiger partial charge in [-0.3, -0.25) is 0 Å². The Kier molecular flexibility index (Phi) is 5.29. The lowest BCUT2D eigenvalue weighted by molar-refractivity contribution is 0.0413. The topological polar surface area (TPSA) is 44.5 Å². The maximum Gasteiger partial charge on any atom is 0.119 e. The molecule has 16 heavy (non-hydrogen) atoms. The molecule has 2 N–H and O–H groups in total. The number of ether oxygens (including phenoxy) is 2. The Morgan fingerprint density at radius 3 is 2.62 bits per heavy atom. The van der Waals surface area contributed by atoms with Crippen molar-refractivity contribution < 1.29 is 9.47 Å². The summed E-state index contributed by atoms with van der Waals surface area (Å²) in [5.41, 5.74) is 7.23. The molecule has 1 aromatic rings. The third-order valence-corrected chi connectivity index (χ3v) is 2.66. The summed E-state index contributed by atoms with van der Waals surface area (Å²) in [6, 6.07) is 7.74. The first-order chi connectivity index (χ1) is 7.72. The summed E-state index contributed by atoms with van der Waals surface area (Å²) in [5.74, 6) is 0.833. The van der Waals surface area contributed by atoms with Gasteiger partial charge in [-0.05, 0) is 31.0 Å². The highest BCUT2D eigenvalue weighted by atomic mass is 16.5. The Morgan fingerprint density at radius 2 is 2.06 bits per heavy atom. The predicted molar refractivity (Wildman–Crippen MR) is 65.6 cm³/mol. The Morgan fingerprint density at radius 1 is 1.31 bits per heavy atom. The molecule has 90 valence electrons. The molecule has 0 heterocycles. The van der Waals surface area contributed by atoms with E-state index in [1.165, 1.54) is 0 Å². The number of hydrogen-bond donors (Lipinski definition) is 1. The first kappa shape index (κ1) is 13.0. The van der Waals surface area contributed by atoms with Crippen LogP contribution >= 0.6 is 0 Å². The minimum absolute atomic E-state index is 0.0668. The van der Waals surface area contributed by atoms with Crippen LogP contribution in [0.25, 0.3) is 0 Å². The van der Waals surface area contributed by atoms with Crippen LogP contribution in [0.2, 0.25) is 0 Å². The van der Waals surface area contributed by atoms with Gasteiger partial charge in [0.25, 0.3) is 0 Å².